The third kappa shape index (κ3) is 4.28. The van der Waals surface area contributed by atoms with Crippen LogP contribution >= 0.6 is 11.3 Å². The third-order valence-electron chi connectivity index (χ3n) is 4.60. The molecular weight excluding hydrogens is 350 g/mol. The van der Waals surface area contributed by atoms with Gasteiger partial charge >= 0.3 is 0 Å². The normalized spacial score (nSPS) is 16.0. The molecule has 1 saturated carbocycles. The second kappa shape index (κ2) is 8.91. The molecule has 26 heavy (non-hydrogen) atoms. The average molecular weight is 373 g/mol. The summed E-state index contributed by atoms with van der Waals surface area (Å²) in [6, 6.07) is 6.43. The zero-order valence-corrected chi connectivity index (χ0v) is 15.3. The Hall–Kier alpha value is -2.25. The summed E-state index contributed by atoms with van der Waals surface area (Å²) in [5.41, 5.74) is 0.490. The van der Waals surface area contributed by atoms with E-state index in [1.807, 2.05) is 17.5 Å². The molecule has 2 heterocycles. The first kappa shape index (κ1) is 18.5. The fourth-order valence-corrected chi connectivity index (χ4v) is 4.17. The molecule has 6 nitrogen and oxygen atoms in total. The van der Waals surface area contributed by atoms with E-state index in [1.165, 1.54) is 28.9 Å². The van der Waals surface area contributed by atoms with Crippen LogP contribution in [0.1, 0.15) is 43.0 Å². The van der Waals surface area contributed by atoms with Crippen LogP contribution in [-0.2, 0) is 9.59 Å². The number of nitrogens with one attached hydrogen (secondary N) is 1. The molecule has 1 aliphatic rings. The fourth-order valence-electron chi connectivity index (χ4n) is 3.36. The van der Waals surface area contributed by atoms with E-state index in [1.54, 1.807) is 18.3 Å². The van der Waals surface area contributed by atoms with Crippen LogP contribution in [0.2, 0.25) is 0 Å². The molecule has 0 aliphatic heterocycles. The number of hydrogen-bond acceptors (Lipinski definition) is 5. The van der Waals surface area contributed by atoms with Gasteiger partial charge in [-0.3, -0.25) is 19.5 Å². The summed E-state index contributed by atoms with van der Waals surface area (Å²) >= 11 is 1.42. The molecule has 0 radical (unpaired) electrons. The zero-order valence-electron chi connectivity index (χ0n) is 14.5. The number of rotatable bonds is 6. The van der Waals surface area contributed by atoms with Gasteiger partial charge in [-0.25, -0.2) is 0 Å². The van der Waals surface area contributed by atoms with Crippen molar-refractivity contribution in [2.45, 2.75) is 44.2 Å². The van der Waals surface area contributed by atoms with Crippen molar-refractivity contribution in [3.05, 3.63) is 46.9 Å². The maximum Gasteiger partial charge on any atom is 0.253 e. The molecule has 0 bridgehead atoms. The Morgan fingerprint density at radius 2 is 2.08 bits per heavy atom. The van der Waals surface area contributed by atoms with Crippen molar-refractivity contribution in [2.75, 3.05) is 11.5 Å². The first-order valence-corrected chi connectivity index (χ1v) is 9.75. The fraction of sp³-hybridized carbons (Fsp3) is 0.421. The van der Waals surface area contributed by atoms with E-state index in [-0.39, 0.29) is 11.9 Å². The van der Waals surface area contributed by atoms with Crippen molar-refractivity contribution in [3.63, 3.8) is 0 Å². The summed E-state index contributed by atoms with van der Waals surface area (Å²) in [4.78, 5) is 31.8. The summed E-state index contributed by atoms with van der Waals surface area (Å²) in [6.45, 7) is -0.673. The molecule has 2 N–H and O–H groups in total. The van der Waals surface area contributed by atoms with Crippen molar-refractivity contribution >= 4 is 28.8 Å². The number of carbonyl (C=O) groups is 2. The maximum absolute atomic E-state index is 13.1. The van der Waals surface area contributed by atoms with E-state index >= 15 is 0 Å². The Labute approximate surface area is 156 Å². The Morgan fingerprint density at radius 1 is 1.27 bits per heavy atom. The Bertz CT molecular complexity index is 715. The highest BCUT2D eigenvalue weighted by atomic mass is 32.1. The number of amides is 2. The number of aliphatic hydroxyl groups is 1. The number of aliphatic hydroxyl groups excluding tert-OH is 1. The van der Waals surface area contributed by atoms with Gasteiger partial charge in [0.1, 0.15) is 12.6 Å². The second-order valence-electron chi connectivity index (χ2n) is 6.39. The van der Waals surface area contributed by atoms with E-state index < -0.39 is 18.6 Å². The summed E-state index contributed by atoms with van der Waals surface area (Å²) in [5.74, 6) is -0.750. The first-order valence-electron chi connectivity index (χ1n) is 8.87. The predicted molar refractivity (Wildman–Crippen MR) is 101 cm³/mol. The number of nitrogens with zero attached hydrogens (tertiary/aromatic N) is 2. The lowest BCUT2D eigenvalue weighted by Crippen LogP contribution is -2.47. The number of pyridine rings is 1. The van der Waals surface area contributed by atoms with Gasteiger partial charge in [-0.1, -0.05) is 25.3 Å². The van der Waals surface area contributed by atoms with E-state index in [9.17, 15) is 14.7 Å². The van der Waals surface area contributed by atoms with E-state index in [0.29, 0.717) is 5.69 Å². The van der Waals surface area contributed by atoms with Crippen molar-refractivity contribution in [3.8, 4) is 0 Å². The standard InChI is InChI=1S/C19H23N3O3S/c23-13-17(24)22(15-8-4-10-20-12-15)18(16-9-5-11-26-16)19(25)21-14-6-2-1-3-7-14/h4-5,8-12,14,18,23H,1-3,6-7,13H2,(H,21,25). The van der Waals surface area contributed by atoms with E-state index in [4.69, 9.17) is 0 Å². The minimum Gasteiger partial charge on any atom is -0.387 e. The largest absolute Gasteiger partial charge is 0.387 e. The SMILES string of the molecule is O=C(NC1CCCCC1)C(c1cccs1)N(C(=O)CO)c1cccnc1. The lowest BCUT2D eigenvalue weighted by atomic mass is 9.95. The lowest BCUT2D eigenvalue weighted by Gasteiger charge is -2.32. The second-order valence-corrected chi connectivity index (χ2v) is 7.37. The van der Waals surface area contributed by atoms with Crippen LogP contribution in [0.25, 0.3) is 0 Å². The van der Waals surface area contributed by atoms with Crippen molar-refractivity contribution < 1.29 is 14.7 Å². The van der Waals surface area contributed by atoms with Crippen LogP contribution in [0.5, 0.6) is 0 Å². The predicted octanol–water partition coefficient (Wildman–Crippen LogP) is 2.66. The molecule has 1 fully saturated rings. The highest BCUT2D eigenvalue weighted by Gasteiger charge is 2.34. The summed E-state index contributed by atoms with van der Waals surface area (Å²) < 4.78 is 0. The minimum absolute atomic E-state index is 0.138. The number of anilines is 1. The average Bonchev–Trinajstić information content (AvgIpc) is 3.21. The van der Waals surface area contributed by atoms with Gasteiger partial charge in [0.2, 0.25) is 5.91 Å². The molecule has 1 unspecified atom stereocenters. The zero-order chi connectivity index (χ0) is 18.4. The van der Waals surface area contributed by atoms with Crippen LogP contribution in [0.3, 0.4) is 0 Å². The van der Waals surface area contributed by atoms with Crippen LogP contribution in [0.4, 0.5) is 5.69 Å². The molecule has 2 amide bonds. The van der Waals surface area contributed by atoms with Crippen LogP contribution in [-0.4, -0.2) is 34.6 Å². The molecule has 0 saturated heterocycles. The highest BCUT2D eigenvalue weighted by Crippen LogP contribution is 2.31. The Morgan fingerprint density at radius 3 is 2.69 bits per heavy atom. The smallest absolute Gasteiger partial charge is 0.253 e. The van der Waals surface area contributed by atoms with Crippen molar-refractivity contribution in [1.82, 2.24) is 10.3 Å². The van der Waals surface area contributed by atoms with Gasteiger partial charge in [0.25, 0.3) is 5.91 Å². The lowest BCUT2D eigenvalue weighted by molar-refractivity contribution is -0.128. The maximum atomic E-state index is 13.1. The van der Waals surface area contributed by atoms with Crippen molar-refractivity contribution in [1.29, 1.82) is 0 Å². The van der Waals surface area contributed by atoms with E-state index in [0.717, 1.165) is 30.6 Å². The molecule has 7 heteroatoms. The van der Waals surface area contributed by atoms with Crippen LogP contribution < -0.4 is 10.2 Å². The number of hydrogen-bond donors (Lipinski definition) is 2. The summed E-state index contributed by atoms with van der Waals surface area (Å²) in [5, 5.41) is 14.5. The monoisotopic (exact) mass is 373 g/mol. The third-order valence-corrected chi connectivity index (χ3v) is 5.52. The summed E-state index contributed by atoms with van der Waals surface area (Å²) in [6.07, 6.45) is 8.47. The van der Waals surface area contributed by atoms with Gasteiger partial charge in [-0.05, 0) is 36.4 Å². The van der Waals surface area contributed by atoms with E-state index in [2.05, 4.69) is 10.3 Å². The van der Waals surface area contributed by atoms with Gasteiger partial charge in [0.15, 0.2) is 0 Å². The number of aromatic nitrogens is 1. The Balaban J connectivity index is 1.93. The molecular formula is C19H23N3O3S. The molecule has 2 aromatic heterocycles. The van der Waals surface area contributed by atoms with Gasteiger partial charge < -0.3 is 10.4 Å². The Kier molecular flexibility index (Phi) is 6.35. The first-order chi connectivity index (χ1) is 12.7. The quantitative estimate of drug-likeness (QED) is 0.815. The number of carbonyl (C=O) groups excluding carboxylic acids is 2. The molecule has 0 spiro atoms. The molecule has 1 aliphatic carbocycles. The van der Waals surface area contributed by atoms with Gasteiger partial charge in [0, 0.05) is 17.1 Å². The number of thiophene rings is 1. The van der Waals surface area contributed by atoms with Crippen molar-refractivity contribution in [2.24, 2.45) is 0 Å². The van der Waals surface area contributed by atoms with Gasteiger partial charge in [0.05, 0.1) is 11.9 Å². The molecule has 1 atom stereocenters. The molecule has 3 rings (SSSR count). The van der Waals surface area contributed by atoms with Crippen LogP contribution in [0, 0.1) is 0 Å². The molecule has 138 valence electrons. The highest BCUT2D eigenvalue weighted by molar-refractivity contribution is 7.10. The summed E-state index contributed by atoms with van der Waals surface area (Å²) in [7, 11) is 0. The van der Waals surface area contributed by atoms with Gasteiger partial charge in [-0.15, -0.1) is 11.3 Å². The van der Waals surface area contributed by atoms with Crippen LogP contribution in [0.15, 0.2) is 42.0 Å². The topological polar surface area (TPSA) is 82.5 Å². The molecule has 2 aromatic rings. The van der Waals surface area contributed by atoms with Gasteiger partial charge in [-0.2, -0.15) is 0 Å². The minimum atomic E-state index is -0.819. The molecule has 0 aromatic carbocycles.